The third-order valence-corrected chi connectivity index (χ3v) is 4.39. The van der Waals surface area contributed by atoms with Gasteiger partial charge in [0, 0.05) is 50.0 Å². The zero-order chi connectivity index (χ0) is 25.0. The molecule has 12 heteroatoms. The van der Waals surface area contributed by atoms with Crippen LogP contribution in [0, 0.1) is 0 Å². The highest BCUT2D eigenvalue weighted by Crippen LogP contribution is 2.32. The van der Waals surface area contributed by atoms with Crippen molar-refractivity contribution in [1.82, 2.24) is 24.4 Å². The van der Waals surface area contributed by atoms with E-state index in [2.05, 4.69) is 19.9 Å². The van der Waals surface area contributed by atoms with E-state index in [4.69, 9.17) is 29.3 Å². The molecule has 0 aliphatic heterocycles. The van der Waals surface area contributed by atoms with Crippen molar-refractivity contribution in [1.29, 1.82) is 0 Å². The van der Waals surface area contributed by atoms with Crippen molar-refractivity contribution in [2.24, 2.45) is 0 Å². The Bertz CT molecular complexity index is 899. The maximum absolute atomic E-state index is 9.44. The van der Waals surface area contributed by atoms with E-state index in [0.29, 0.717) is 32.0 Å². The van der Waals surface area contributed by atoms with Gasteiger partial charge in [-0.25, -0.2) is 9.97 Å². The zero-order valence-electron chi connectivity index (χ0n) is 19.0. The molecule has 3 rings (SSSR count). The molecule has 0 saturated heterocycles. The van der Waals surface area contributed by atoms with Crippen LogP contribution in [0.1, 0.15) is 17.8 Å². The molecule has 2 aromatic heterocycles. The largest absolute Gasteiger partial charge is 0.493 e. The van der Waals surface area contributed by atoms with E-state index in [1.807, 2.05) is 29.0 Å². The summed E-state index contributed by atoms with van der Waals surface area (Å²) in [4.78, 5) is 30.3. The van der Waals surface area contributed by atoms with Crippen LogP contribution in [-0.4, -0.2) is 79.6 Å². The predicted octanol–water partition coefficient (Wildman–Crippen LogP) is 1.48. The number of rotatable bonds is 12. The number of aromatic amines is 1. The summed E-state index contributed by atoms with van der Waals surface area (Å²) in [6, 6.07) is 5.88. The Labute approximate surface area is 197 Å². The van der Waals surface area contributed by atoms with Gasteiger partial charge < -0.3 is 34.3 Å². The number of aliphatic hydroxyl groups excluding tert-OH is 1. The maximum Gasteiger partial charge on any atom is 0.290 e. The Morgan fingerprint density at radius 2 is 1.94 bits per heavy atom. The van der Waals surface area contributed by atoms with Crippen LogP contribution in [0.3, 0.4) is 0 Å². The van der Waals surface area contributed by atoms with Crippen LogP contribution in [0.5, 0.6) is 11.5 Å². The minimum absolute atomic E-state index is 0.0752. The third kappa shape index (κ3) is 10.6. The minimum Gasteiger partial charge on any atom is -0.493 e. The monoisotopic (exact) mass is 477 g/mol. The molecule has 0 aliphatic rings. The number of nitrogens with zero attached hydrogens (tertiary/aromatic N) is 4. The molecule has 0 aliphatic carbocycles. The van der Waals surface area contributed by atoms with Gasteiger partial charge in [-0.05, 0) is 12.5 Å². The van der Waals surface area contributed by atoms with E-state index in [0.717, 1.165) is 30.1 Å². The van der Waals surface area contributed by atoms with Gasteiger partial charge in [-0.3, -0.25) is 14.5 Å². The van der Waals surface area contributed by atoms with Crippen molar-refractivity contribution < 1.29 is 34.4 Å². The fourth-order valence-electron chi connectivity index (χ4n) is 3.04. The van der Waals surface area contributed by atoms with Crippen LogP contribution in [0.4, 0.5) is 0 Å². The number of benzene rings is 1. The number of aryl methyl sites for hydroxylation is 1. The smallest absolute Gasteiger partial charge is 0.290 e. The van der Waals surface area contributed by atoms with Gasteiger partial charge in [0.1, 0.15) is 5.82 Å². The maximum atomic E-state index is 9.44. The second kappa shape index (κ2) is 17.6. The number of hydrogen-bond donors (Lipinski definition) is 4. The topological polar surface area (TPSA) is 163 Å². The standard InChI is InChI=1S/C20H27N5O3.2CH2O2/c1-27-18-5-2-4-17(14-25(11-12-26)15-19-22-6-7-23-19)20(18)28-13-3-9-24-10-8-21-16-24;2*2-1-3/h2,4-8,10,16,26H,3,9,11-15H2,1H3,(H,22,23);2*1H,(H,2,3). The average Bonchev–Trinajstić information content (AvgIpc) is 3.53. The minimum atomic E-state index is -0.250. The van der Waals surface area contributed by atoms with E-state index in [1.54, 1.807) is 32.0 Å². The summed E-state index contributed by atoms with van der Waals surface area (Å²) in [5.74, 6) is 2.32. The van der Waals surface area contributed by atoms with Gasteiger partial charge >= 0.3 is 0 Å². The molecule has 12 nitrogen and oxygen atoms in total. The number of ether oxygens (including phenoxy) is 2. The van der Waals surface area contributed by atoms with Crippen LogP contribution in [0.2, 0.25) is 0 Å². The molecular formula is C22H31N5O7. The molecular weight excluding hydrogens is 446 g/mol. The molecule has 34 heavy (non-hydrogen) atoms. The molecule has 2 heterocycles. The van der Waals surface area contributed by atoms with Crippen LogP contribution in [0.25, 0.3) is 0 Å². The fourth-order valence-corrected chi connectivity index (χ4v) is 3.04. The van der Waals surface area contributed by atoms with E-state index in [1.165, 1.54) is 0 Å². The molecule has 0 fully saturated rings. The van der Waals surface area contributed by atoms with Crippen LogP contribution in [0.15, 0.2) is 49.3 Å². The average molecular weight is 478 g/mol. The number of hydrogen-bond acceptors (Lipinski definition) is 8. The quantitative estimate of drug-likeness (QED) is 0.222. The molecule has 1 aromatic carbocycles. The molecule has 4 N–H and O–H groups in total. The van der Waals surface area contributed by atoms with Gasteiger partial charge in [0.15, 0.2) is 11.5 Å². The number of carboxylic acid groups (broad SMARTS) is 2. The Balaban J connectivity index is 0.000000872. The highest BCUT2D eigenvalue weighted by Gasteiger charge is 2.15. The van der Waals surface area contributed by atoms with Gasteiger partial charge in [-0.1, -0.05) is 12.1 Å². The van der Waals surface area contributed by atoms with Crippen molar-refractivity contribution in [3.63, 3.8) is 0 Å². The number of methoxy groups -OCH3 is 1. The highest BCUT2D eigenvalue weighted by atomic mass is 16.5. The third-order valence-electron chi connectivity index (χ3n) is 4.39. The molecule has 0 amide bonds. The fraction of sp³-hybridized carbons (Fsp3) is 0.364. The van der Waals surface area contributed by atoms with Crippen LogP contribution >= 0.6 is 0 Å². The van der Waals surface area contributed by atoms with Crippen molar-refractivity contribution in [2.45, 2.75) is 26.1 Å². The SMILES string of the molecule is COc1cccc(CN(CCO)Cc2ncc[nH]2)c1OCCCn1ccnc1.O=CO.O=CO. The van der Waals surface area contributed by atoms with Gasteiger partial charge in [0.2, 0.25) is 0 Å². The molecule has 0 unspecified atom stereocenters. The first-order valence-electron chi connectivity index (χ1n) is 10.3. The molecule has 3 aromatic rings. The lowest BCUT2D eigenvalue weighted by Crippen LogP contribution is -2.27. The first-order valence-corrected chi connectivity index (χ1v) is 10.3. The summed E-state index contributed by atoms with van der Waals surface area (Å²) in [6.45, 7) is 2.77. The highest BCUT2D eigenvalue weighted by molar-refractivity contribution is 5.46. The van der Waals surface area contributed by atoms with Crippen molar-refractivity contribution in [3.05, 3.63) is 60.7 Å². The Morgan fingerprint density at radius 3 is 2.53 bits per heavy atom. The number of para-hydroxylation sites is 1. The predicted molar refractivity (Wildman–Crippen MR) is 123 cm³/mol. The lowest BCUT2D eigenvalue weighted by atomic mass is 10.1. The van der Waals surface area contributed by atoms with Gasteiger partial charge in [0.25, 0.3) is 12.9 Å². The normalized spacial score (nSPS) is 9.85. The second-order valence-corrected chi connectivity index (χ2v) is 6.63. The Kier molecular flexibility index (Phi) is 14.6. The van der Waals surface area contributed by atoms with Crippen molar-refractivity contribution in [3.8, 4) is 11.5 Å². The molecule has 0 radical (unpaired) electrons. The number of aromatic nitrogens is 4. The first-order chi connectivity index (χ1) is 16.6. The van der Waals surface area contributed by atoms with Gasteiger partial charge in [-0.15, -0.1) is 0 Å². The van der Waals surface area contributed by atoms with E-state index in [-0.39, 0.29) is 19.6 Å². The Morgan fingerprint density at radius 1 is 1.18 bits per heavy atom. The first kappa shape index (κ1) is 28.1. The zero-order valence-corrected chi connectivity index (χ0v) is 19.0. The number of H-pyrrole nitrogens is 1. The second-order valence-electron chi connectivity index (χ2n) is 6.63. The molecule has 0 atom stereocenters. The summed E-state index contributed by atoms with van der Waals surface area (Å²) in [5.41, 5.74) is 1.02. The van der Waals surface area contributed by atoms with E-state index >= 15 is 0 Å². The summed E-state index contributed by atoms with van der Waals surface area (Å²) in [6.07, 6.45) is 9.90. The molecule has 0 saturated carbocycles. The lowest BCUT2D eigenvalue weighted by molar-refractivity contribution is -0.123. The number of aliphatic hydroxyl groups is 1. The summed E-state index contributed by atoms with van der Waals surface area (Å²) in [5, 5.41) is 23.2. The summed E-state index contributed by atoms with van der Waals surface area (Å²) in [7, 11) is 1.64. The number of carbonyl (C=O) groups is 2. The van der Waals surface area contributed by atoms with Crippen LogP contribution < -0.4 is 9.47 Å². The van der Waals surface area contributed by atoms with E-state index < -0.39 is 0 Å². The van der Waals surface area contributed by atoms with Crippen LogP contribution in [-0.2, 0) is 29.2 Å². The van der Waals surface area contributed by atoms with Gasteiger partial charge in [0.05, 0.1) is 33.2 Å². The van der Waals surface area contributed by atoms with Gasteiger partial charge in [-0.2, -0.15) is 0 Å². The Hall–Kier alpha value is -3.90. The summed E-state index contributed by atoms with van der Waals surface area (Å²) >= 11 is 0. The van der Waals surface area contributed by atoms with E-state index in [9.17, 15) is 5.11 Å². The summed E-state index contributed by atoms with van der Waals surface area (Å²) < 4.78 is 13.6. The lowest BCUT2D eigenvalue weighted by Gasteiger charge is -2.23. The molecule has 0 spiro atoms. The molecule has 0 bridgehead atoms. The van der Waals surface area contributed by atoms with Crippen molar-refractivity contribution in [2.75, 3.05) is 26.9 Å². The molecule has 186 valence electrons. The van der Waals surface area contributed by atoms with Crippen molar-refractivity contribution >= 4 is 12.9 Å². The number of imidazole rings is 2. The number of nitrogens with one attached hydrogen (secondary N) is 1.